The minimum absolute atomic E-state index is 0.340. The molecule has 3 rings (SSSR count). The Morgan fingerprint density at radius 1 is 1.47 bits per heavy atom. The maximum atomic E-state index is 11.7. The van der Waals surface area contributed by atoms with E-state index in [4.69, 9.17) is 4.74 Å². The number of hydrogen-bond acceptors (Lipinski definition) is 4. The molecule has 5 heteroatoms. The van der Waals surface area contributed by atoms with Crippen molar-refractivity contribution in [3.05, 3.63) is 35.8 Å². The number of imidazole rings is 1. The molecule has 1 aliphatic rings. The quantitative estimate of drug-likeness (QED) is 0.832. The van der Waals surface area contributed by atoms with E-state index >= 15 is 0 Å². The number of aromatic nitrogens is 2. The van der Waals surface area contributed by atoms with Crippen LogP contribution in [0, 0.1) is 0 Å². The molecule has 1 N–H and O–H groups in total. The van der Waals surface area contributed by atoms with Crippen LogP contribution in [0.5, 0.6) is 0 Å². The maximum absolute atomic E-state index is 11.7. The normalized spacial score (nSPS) is 16.7. The zero-order valence-corrected chi connectivity index (χ0v) is 10.9. The fraction of sp³-hybridized carbons (Fsp3) is 0.429. The van der Waals surface area contributed by atoms with Gasteiger partial charge in [0.25, 0.3) is 0 Å². The van der Waals surface area contributed by atoms with E-state index in [1.165, 1.54) is 7.11 Å². The number of nitrogens with zero attached hydrogens (tertiary/aromatic N) is 2. The van der Waals surface area contributed by atoms with Crippen molar-refractivity contribution in [3.63, 3.8) is 0 Å². The van der Waals surface area contributed by atoms with Crippen LogP contribution in [0.25, 0.3) is 5.65 Å². The van der Waals surface area contributed by atoms with E-state index in [0.29, 0.717) is 17.1 Å². The van der Waals surface area contributed by atoms with Crippen LogP contribution < -0.4 is 5.32 Å². The Labute approximate surface area is 111 Å². The highest BCUT2D eigenvalue weighted by Gasteiger charge is 2.20. The first kappa shape index (κ1) is 12.2. The van der Waals surface area contributed by atoms with E-state index in [1.54, 1.807) is 6.07 Å². The van der Waals surface area contributed by atoms with E-state index in [-0.39, 0.29) is 5.97 Å². The third-order valence-electron chi connectivity index (χ3n) is 3.66. The van der Waals surface area contributed by atoms with Crippen molar-refractivity contribution in [2.24, 2.45) is 0 Å². The second-order valence-electron chi connectivity index (χ2n) is 4.83. The van der Waals surface area contributed by atoms with E-state index in [1.807, 2.05) is 22.9 Å². The highest BCUT2D eigenvalue weighted by molar-refractivity contribution is 5.95. The Hall–Kier alpha value is -1.88. The number of ether oxygens (including phenoxy) is 1. The van der Waals surface area contributed by atoms with E-state index in [2.05, 4.69) is 10.3 Å². The summed E-state index contributed by atoms with van der Waals surface area (Å²) in [6.45, 7) is 2.06. The first-order chi connectivity index (χ1) is 9.29. The molecule has 1 saturated heterocycles. The monoisotopic (exact) mass is 259 g/mol. The average molecular weight is 259 g/mol. The molecule has 0 saturated carbocycles. The van der Waals surface area contributed by atoms with Gasteiger partial charge >= 0.3 is 5.97 Å². The maximum Gasteiger partial charge on any atom is 0.341 e. The number of methoxy groups -OCH3 is 1. The minimum Gasteiger partial charge on any atom is -0.465 e. The molecule has 0 spiro atoms. The van der Waals surface area contributed by atoms with Gasteiger partial charge in [0.2, 0.25) is 0 Å². The number of rotatable bonds is 2. The summed E-state index contributed by atoms with van der Waals surface area (Å²) in [4.78, 5) is 16.4. The molecule has 1 aliphatic heterocycles. The summed E-state index contributed by atoms with van der Waals surface area (Å²) in [5, 5.41) is 3.35. The number of hydrogen-bond donors (Lipinski definition) is 1. The Morgan fingerprint density at radius 2 is 2.26 bits per heavy atom. The number of carbonyl (C=O) groups excluding carboxylic acids is 1. The second-order valence-corrected chi connectivity index (χ2v) is 4.83. The van der Waals surface area contributed by atoms with Gasteiger partial charge in [-0.05, 0) is 38.1 Å². The Bertz CT molecular complexity index is 600. The lowest BCUT2D eigenvalue weighted by molar-refractivity contribution is 0.0602. The summed E-state index contributed by atoms with van der Waals surface area (Å²) in [6, 6.07) is 3.59. The van der Waals surface area contributed by atoms with Crippen molar-refractivity contribution >= 4 is 11.6 Å². The van der Waals surface area contributed by atoms with Crippen molar-refractivity contribution in [1.82, 2.24) is 14.7 Å². The van der Waals surface area contributed by atoms with Crippen LogP contribution in [0.4, 0.5) is 0 Å². The second kappa shape index (κ2) is 5.01. The highest BCUT2D eigenvalue weighted by Crippen LogP contribution is 2.25. The van der Waals surface area contributed by atoms with Crippen LogP contribution in [-0.4, -0.2) is 35.6 Å². The summed E-state index contributed by atoms with van der Waals surface area (Å²) in [5.41, 5.74) is 2.27. The summed E-state index contributed by atoms with van der Waals surface area (Å²) in [5.74, 6) is 0.139. The largest absolute Gasteiger partial charge is 0.465 e. The molecule has 2 aromatic rings. The molecule has 2 aromatic heterocycles. The molecule has 3 heterocycles. The van der Waals surface area contributed by atoms with Crippen molar-refractivity contribution < 1.29 is 9.53 Å². The molecule has 0 aromatic carbocycles. The van der Waals surface area contributed by atoms with Crippen LogP contribution in [0.1, 0.15) is 34.8 Å². The van der Waals surface area contributed by atoms with Crippen LogP contribution in [-0.2, 0) is 4.74 Å². The molecule has 0 bridgehead atoms. The lowest BCUT2D eigenvalue weighted by atomic mass is 9.95. The van der Waals surface area contributed by atoms with Crippen molar-refractivity contribution in [2.75, 3.05) is 20.2 Å². The standard InChI is InChI=1S/C14H17N3O2/c1-19-14(18)11-3-2-8-17-9-12(16-13(11)17)10-4-6-15-7-5-10/h2-3,8-10,15H,4-7H2,1H3. The Morgan fingerprint density at radius 3 is 3.00 bits per heavy atom. The van der Waals surface area contributed by atoms with Crippen LogP contribution in [0.3, 0.4) is 0 Å². The molecule has 0 unspecified atom stereocenters. The lowest BCUT2D eigenvalue weighted by Gasteiger charge is -2.20. The van der Waals surface area contributed by atoms with Gasteiger partial charge in [0.05, 0.1) is 12.8 Å². The fourth-order valence-electron chi connectivity index (χ4n) is 2.62. The summed E-state index contributed by atoms with van der Waals surface area (Å²) < 4.78 is 6.70. The highest BCUT2D eigenvalue weighted by atomic mass is 16.5. The number of esters is 1. The zero-order valence-electron chi connectivity index (χ0n) is 10.9. The number of carbonyl (C=O) groups is 1. The first-order valence-electron chi connectivity index (χ1n) is 6.56. The summed E-state index contributed by atoms with van der Waals surface area (Å²) in [6.07, 6.45) is 6.13. The number of nitrogens with one attached hydrogen (secondary N) is 1. The smallest absolute Gasteiger partial charge is 0.341 e. The van der Waals surface area contributed by atoms with Gasteiger partial charge < -0.3 is 14.5 Å². The van der Waals surface area contributed by atoms with Gasteiger partial charge in [-0.1, -0.05) is 0 Å². The van der Waals surface area contributed by atoms with Gasteiger partial charge in [0.1, 0.15) is 5.56 Å². The molecule has 5 nitrogen and oxygen atoms in total. The Kier molecular flexibility index (Phi) is 3.21. The molecule has 19 heavy (non-hydrogen) atoms. The molecule has 0 amide bonds. The van der Waals surface area contributed by atoms with Gasteiger partial charge in [0, 0.05) is 18.3 Å². The van der Waals surface area contributed by atoms with E-state index < -0.39 is 0 Å². The van der Waals surface area contributed by atoms with Crippen LogP contribution in [0.2, 0.25) is 0 Å². The SMILES string of the molecule is COC(=O)c1cccn2cc(C3CCNCC3)nc12. The number of piperidine rings is 1. The van der Waals surface area contributed by atoms with Gasteiger partial charge in [-0.25, -0.2) is 9.78 Å². The summed E-state index contributed by atoms with van der Waals surface area (Å²) >= 11 is 0. The van der Waals surface area contributed by atoms with Crippen molar-refractivity contribution in [1.29, 1.82) is 0 Å². The van der Waals surface area contributed by atoms with Crippen LogP contribution >= 0.6 is 0 Å². The predicted molar refractivity (Wildman–Crippen MR) is 71.4 cm³/mol. The predicted octanol–water partition coefficient (Wildman–Crippen LogP) is 1.59. The molecule has 0 radical (unpaired) electrons. The average Bonchev–Trinajstić information content (AvgIpc) is 2.91. The van der Waals surface area contributed by atoms with Gasteiger partial charge in [-0.15, -0.1) is 0 Å². The van der Waals surface area contributed by atoms with E-state index in [9.17, 15) is 4.79 Å². The molecular weight excluding hydrogens is 242 g/mol. The third-order valence-corrected chi connectivity index (χ3v) is 3.66. The van der Waals surface area contributed by atoms with Crippen LogP contribution in [0.15, 0.2) is 24.5 Å². The minimum atomic E-state index is -0.340. The topological polar surface area (TPSA) is 55.6 Å². The zero-order chi connectivity index (χ0) is 13.2. The molecular formula is C14H17N3O2. The lowest BCUT2D eigenvalue weighted by Crippen LogP contribution is -2.26. The summed E-state index contributed by atoms with van der Waals surface area (Å²) in [7, 11) is 1.39. The molecule has 0 aliphatic carbocycles. The molecule has 0 atom stereocenters. The third kappa shape index (κ3) is 2.21. The first-order valence-corrected chi connectivity index (χ1v) is 6.56. The fourth-order valence-corrected chi connectivity index (χ4v) is 2.62. The molecule has 1 fully saturated rings. The van der Waals surface area contributed by atoms with Gasteiger partial charge in [-0.3, -0.25) is 0 Å². The number of pyridine rings is 1. The number of fused-ring (bicyclic) bond motifs is 1. The molecule has 100 valence electrons. The van der Waals surface area contributed by atoms with E-state index in [0.717, 1.165) is 31.6 Å². The van der Waals surface area contributed by atoms with Crippen molar-refractivity contribution in [3.8, 4) is 0 Å². The Balaban J connectivity index is 2.02. The van der Waals surface area contributed by atoms with Crippen molar-refractivity contribution in [2.45, 2.75) is 18.8 Å². The van der Waals surface area contributed by atoms with Gasteiger partial charge in [0.15, 0.2) is 5.65 Å². The van der Waals surface area contributed by atoms with Gasteiger partial charge in [-0.2, -0.15) is 0 Å².